The van der Waals surface area contributed by atoms with E-state index in [1.54, 1.807) is 19.1 Å². The molecule has 0 bridgehead atoms. The minimum Gasteiger partial charge on any atom is -0.306 e. The number of thiazole rings is 1. The van der Waals surface area contributed by atoms with Gasteiger partial charge in [-0.2, -0.15) is 14.1 Å². The van der Waals surface area contributed by atoms with Crippen molar-refractivity contribution in [2.75, 3.05) is 12.4 Å². The molecule has 8 nitrogen and oxygen atoms in total. The zero-order valence-electron chi connectivity index (χ0n) is 19.9. The van der Waals surface area contributed by atoms with Gasteiger partial charge in [0.15, 0.2) is 0 Å². The molecule has 0 saturated heterocycles. The fraction of sp³-hybridized carbons (Fsp3) is 0.115. The lowest BCUT2D eigenvalue weighted by Crippen LogP contribution is -2.26. The number of fused-ring (bicyclic) bond motifs is 1. The largest absolute Gasteiger partial charge is 0.306 e. The van der Waals surface area contributed by atoms with Gasteiger partial charge < -0.3 is 5.32 Å². The molecule has 0 radical (unpaired) electrons. The molecule has 188 valence electrons. The lowest BCUT2D eigenvalue weighted by Gasteiger charge is -2.17. The average Bonchev–Trinajstić information content (AvgIpc) is 3.46. The van der Waals surface area contributed by atoms with Crippen LogP contribution < -0.4 is 5.32 Å². The molecule has 0 aliphatic heterocycles. The third-order valence-electron chi connectivity index (χ3n) is 5.67. The topological polar surface area (TPSA) is 97.2 Å². The van der Waals surface area contributed by atoms with E-state index in [0.717, 1.165) is 5.56 Å². The number of aryl methyl sites for hydroxylation is 1. The summed E-state index contributed by atoms with van der Waals surface area (Å²) in [6, 6.07) is 21.1. The summed E-state index contributed by atoms with van der Waals surface area (Å²) in [5.41, 5.74) is 2.43. The fourth-order valence-corrected chi connectivity index (χ4v) is 5.90. The van der Waals surface area contributed by atoms with E-state index in [4.69, 9.17) is 0 Å². The highest BCUT2D eigenvalue weighted by molar-refractivity contribution is 7.89. The highest BCUT2D eigenvalue weighted by Crippen LogP contribution is 2.28. The molecule has 0 saturated carbocycles. The molecule has 1 amide bonds. The number of amides is 1. The molecule has 0 fully saturated rings. The number of halogens is 1. The van der Waals surface area contributed by atoms with Crippen molar-refractivity contribution in [2.24, 2.45) is 0 Å². The summed E-state index contributed by atoms with van der Waals surface area (Å²) >= 11 is 1.25. The van der Waals surface area contributed by atoms with Crippen molar-refractivity contribution in [2.45, 2.75) is 18.4 Å². The zero-order valence-corrected chi connectivity index (χ0v) is 21.6. The normalized spacial score (nSPS) is 11.8. The van der Waals surface area contributed by atoms with Crippen LogP contribution in [0.2, 0.25) is 0 Å². The van der Waals surface area contributed by atoms with Gasteiger partial charge in [-0.1, -0.05) is 41.7 Å². The number of hydrogen-bond donors (Lipinski definition) is 1. The van der Waals surface area contributed by atoms with Gasteiger partial charge in [0.1, 0.15) is 11.6 Å². The van der Waals surface area contributed by atoms with Crippen molar-refractivity contribution in [1.82, 2.24) is 19.1 Å². The predicted octanol–water partition coefficient (Wildman–Crippen LogP) is 5.00. The summed E-state index contributed by atoms with van der Waals surface area (Å²) in [5.74, 6) is -0.402. The van der Waals surface area contributed by atoms with E-state index in [9.17, 15) is 17.6 Å². The molecule has 37 heavy (non-hydrogen) atoms. The van der Waals surface area contributed by atoms with E-state index in [0.29, 0.717) is 26.9 Å². The smallest absolute Gasteiger partial charge is 0.256 e. The molecule has 1 N–H and O–H groups in total. The number of anilines is 1. The summed E-state index contributed by atoms with van der Waals surface area (Å²) in [6.45, 7) is 2.01. The molecule has 0 spiro atoms. The van der Waals surface area contributed by atoms with E-state index in [2.05, 4.69) is 15.4 Å². The van der Waals surface area contributed by atoms with E-state index < -0.39 is 15.9 Å². The van der Waals surface area contributed by atoms with E-state index in [-0.39, 0.29) is 22.8 Å². The van der Waals surface area contributed by atoms with Crippen LogP contribution in [-0.2, 0) is 16.6 Å². The van der Waals surface area contributed by atoms with Gasteiger partial charge >= 0.3 is 0 Å². The minimum absolute atomic E-state index is 0.0880. The number of sulfonamides is 1. The van der Waals surface area contributed by atoms with Crippen LogP contribution in [0.5, 0.6) is 0 Å². The van der Waals surface area contributed by atoms with Crippen LogP contribution in [-0.4, -0.2) is 40.4 Å². The molecule has 11 heteroatoms. The SMILES string of the molecule is Cc1cc(NC(=O)c2ccc(S(=O)(=O)N(C)Cc3ccccc3)cc2)n(-c2nc3ccc(F)cc3s2)n1. The van der Waals surface area contributed by atoms with Crippen LogP contribution in [0.25, 0.3) is 15.3 Å². The Morgan fingerprint density at radius 1 is 1.05 bits per heavy atom. The second kappa shape index (κ2) is 9.85. The van der Waals surface area contributed by atoms with Crippen LogP contribution in [0, 0.1) is 12.7 Å². The summed E-state index contributed by atoms with van der Waals surface area (Å²) in [5, 5.41) is 7.71. The number of aromatic nitrogens is 3. The van der Waals surface area contributed by atoms with E-state index in [1.807, 2.05) is 30.3 Å². The van der Waals surface area contributed by atoms with Crippen molar-refractivity contribution >= 4 is 43.3 Å². The van der Waals surface area contributed by atoms with Gasteiger partial charge in [-0.05, 0) is 55.0 Å². The van der Waals surface area contributed by atoms with Gasteiger partial charge in [-0.3, -0.25) is 4.79 Å². The third kappa shape index (κ3) is 5.15. The van der Waals surface area contributed by atoms with Crippen molar-refractivity contribution in [3.8, 4) is 5.13 Å². The third-order valence-corrected chi connectivity index (χ3v) is 8.48. The average molecular weight is 536 g/mol. The maximum Gasteiger partial charge on any atom is 0.256 e. The molecule has 0 atom stereocenters. The first-order valence-electron chi connectivity index (χ1n) is 11.3. The summed E-state index contributed by atoms with van der Waals surface area (Å²) < 4.78 is 43.0. The number of nitrogens with one attached hydrogen (secondary N) is 1. The first-order chi connectivity index (χ1) is 17.7. The maximum absolute atomic E-state index is 13.6. The first kappa shape index (κ1) is 24.8. The quantitative estimate of drug-likeness (QED) is 0.316. The highest BCUT2D eigenvalue weighted by Gasteiger charge is 2.22. The second-order valence-corrected chi connectivity index (χ2v) is 11.5. The minimum atomic E-state index is -3.74. The number of carbonyl (C=O) groups excluding carboxylic acids is 1. The molecule has 2 heterocycles. The molecule has 2 aromatic heterocycles. The Labute approximate surface area is 217 Å². The molecular formula is C26H22FN5O3S2. The van der Waals surface area contributed by atoms with Crippen molar-refractivity contribution in [1.29, 1.82) is 0 Å². The van der Waals surface area contributed by atoms with Crippen molar-refractivity contribution < 1.29 is 17.6 Å². The molecule has 5 rings (SSSR count). The number of nitrogens with zero attached hydrogens (tertiary/aromatic N) is 4. The van der Waals surface area contributed by atoms with Gasteiger partial charge in [0.25, 0.3) is 5.91 Å². The number of hydrogen-bond acceptors (Lipinski definition) is 6. The van der Waals surface area contributed by atoms with Gasteiger partial charge in [0, 0.05) is 25.2 Å². The van der Waals surface area contributed by atoms with Gasteiger partial charge in [-0.15, -0.1) is 0 Å². The van der Waals surface area contributed by atoms with Crippen LogP contribution in [0.4, 0.5) is 10.2 Å². The standard InChI is InChI=1S/C26H22FN5O3S2/c1-17-14-24(32(30-17)26-28-22-13-10-20(27)15-23(22)36-26)29-25(33)19-8-11-21(12-9-19)37(34,35)31(2)16-18-6-4-3-5-7-18/h3-15H,16H2,1-2H3,(H,29,33). The van der Waals surface area contributed by atoms with E-state index in [1.165, 1.54) is 63.8 Å². The Hall–Kier alpha value is -3.93. The van der Waals surface area contributed by atoms with Crippen molar-refractivity contribution in [3.05, 3.63) is 102 Å². The molecule has 3 aromatic carbocycles. The number of benzene rings is 3. The van der Waals surface area contributed by atoms with Gasteiger partial charge in [0.2, 0.25) is 15.2 Å². The Morgan fingerprint density at radius 2 is 1.78 bits per heavy atom. The van der Waals surface area contributed by atoms with Gasteiger partial charge in [-0.25, -0.2) is 17.8 Å². The number of carbonyl (C=O) groups is 1. The first-order valence-corrected chi connectivity index (χ1v) is 13.5. The summed E-state index contributed by atoms with van der Waals surface area (Å²) in [4.78, 5) is 17.6. The predicted molar refractivity (Wildman–Crippen MR) is 141 cm³/mol. The lowest BCUT2D eigenvalue weighted by molar-refractivity contribution is 0.102. The molecular weight excluding hydrogens is 513 g/mol. The van der Waals surface area contributed by atoms with Crippen LogP contribution in [0.15, 0.2) is 83.8 Å². The zero-order chi connectivity index (χ0) is 26.2. The Bertz CT molecular complexity index is 1700. The summed E-state index contributed by atoms with van der Waals surface area (Å²) in [7, 11) is -2.22. The van der Waals surface area contributed by atoms with Crippen LogP contribution in [0.3, 0.4) is 0 Å². The lowest BCUT2D eigenvalue weighted by atomic mass is 10.2. The Balaban J connectivity index is 1.34. The summed E-state index contributed by atoms with van der Waals surface area (Å²) in [6.07, 6.45) is 0. The molecule has 5 aromatic rings. The fourth-order valence-electron chi connectivity index (χ4n) is 3.78. The monoisotopic (exact) mass is 535 g/mol. The molecule has 0 unspecified atom stereocenters. The van der Waals surface area contributed by atoms with Gasteiger partial charge in [0.05, 0.1) is 20.8 Å². The number of rotatable bonds is 7. The Kier molecular flexibility index (Phi) is 6.59. The Morgan fingerprint density at radius 3 is 2.51 bits per heavy atom. The van der Waals surface area contributed by atoms with Crippen LogP contribution >= 0.6 is 11.3 Å². The molecule has 0 aliphatic carbocycles. The van der Waals surface area contributed by atoms with Crippen molar-refractivity contribution in [3.63, 3.8) is 0 Å². The van der Waals surface area contributed by atoms with Crippen LogP contribution in [0.1, 0.15) is 21.6 Å². The highest BCUT2D eigenvalue weighted by atomic mass is 32.2. The molecule has 0 aliphatic rings. The second-order valence-electron chi connectivity index (χ2n) is 8.42. The maximum atomic E-state index is 13.6. The van der Waals surface area contributed by atoms with E-state index >= 15 is 0 Å².